The van der Waals surface area contributed by atoms with E-state index in [1.165, 1.54) is 0 Å². The van der Waals surface area contributed by atoms with Gasteiger partial charge in [0.05, 0.1) is 12.7 Å². The first-order valence-corrected chi connectivity index (χ1v) is 13.8. The summed E-state index contributed by atoms with van der Waals surface area (Å²) < 4.78 is 48.4. The highest BCUT2D eigenvalue weighted by Gasteiger charge is 2.33. The van der Waals surface area contributed by atoms with Crippen LogP contribution >= 0.6 is 16.4 Å². The van der Waals surface area contributed by atoms with Crippen molar-refractivity contribution in [3.05, 3.63) is 121 Å². The molecule has 0 aliphatic rings. The van der Waals surface area contributed by atoms with E-state index < -0.39 is 22.5 Å². The Morgan fingerprint density at radius 3 is 1.36 bits per heavy atom. The lowest BCUT2D eigenvalue weighted by Gasteiger charge is -2.23. The van der Waals surface area contributed by atoms with E-state index in [0.717, 1.165) is 0 Å². The first kappa shape index (κ1) is 25.7. The van der Waals surface area contributed by atoms with Crippen molar-refractivity contribution in [1.29, 1.82) is 0 Å². The fraction of sp³-hybridized carbons (Fsp3) is 0.111. The van der Waals surface area contributed by atoms with Gasteiger partial charge in [-0.1, -0.05) is 72.8 Å². The van der Waals surface area contributed by atoms with Crippen LogP contribution < -0.4 is 18.1 Å². The minimum absolute atomic E-state index is 0.105. The SMILES string of the molecule is CC(COP(=O)(Oc1ccccc1)Oc1ccccc1)OP(Oc1ccccc1)Oc1ccccc1. The van der Waals surface area contributed by atoms with Crippen LogP contribution in [0.15, 0.2) is 121 Å². The van der Waals surface area contributed by atoms with Gasteiger partial charge in [0.1, 0.15) is 23.0 Å². The van der Waals surface area contributed by atoms with Crippen LogP contribution in [0.2, 0.25) is 0 Å². The molecule has 0 saturated heterocycles. The molecule has 0 aliphatic heterocycles. The fourth-order valence-electron chi connectivity index (χ4n) is 2.86. The molecular formula is C27H26O7P2. The van der Waals surface area contributed by atoms with Crippen LogP contribution in [0.1, 0.15) is 6.92 Å². The molecular weight excluding hydrogens is 498 g/mol. The van der Waals surface area contributed by atoms with Gasteiger partial charge in [0.2, 0.25) is 0 Å². The first-order chi connectivity index (χ1) is 17.6. The third kappa shape index (κ3) is 8.40. The molecule has 7 nitrogen and oxygen atoms in total. The highest BCUT2D eigenvalue weighted by Crippen LogP contribution is 2.50. The second-order valence-corrected chi connectivity index (χ2v) is 10.0. The van der Waals surface area contributed by atoms with Gasteiger partial charge in [-0.2, -0.15) is 0 Å². The zero-order chi connectivity index (χ0) is 25.1. The van der Waals surface area contributed by atoms with Gasteiger partial charge in [-0.15, -0.1) is 0 Å². The Bertz CT molecular complexity index is 1130. The van der Waals surface area contributed by atoms with Crippen molar-refractivity contribution < 1.29 is 31.7 Å². The van der Waals surface area contributed by atoms with Crippen molar-refractivity contribution in [3.8, 4) is 23.0 Å². The average molecular weight is 524 g/mol. The van der Waals surface area contributed by atoms with Crippen LogP contribution in [-0.2, 0) is 13.6 Å². The van der Waals surface area contributed by atoms with E-state index in [1.807, 2.05) is 72.8 Å². The van der Waals surface area contributed by atoms with Crippen LogP contribution in [-0.4, -0.2) is 12.7 Å². The monoisotopic (exact) mass is 524 g/mol. The Balaban J connectivity index is 1.43. The largest absolute Gasteiger partial charge is 0.587 e. The van der Waals surface area contributed by atoms with Crippen LogP contribution in [0.4, 0.5) is 0 Å². The van der Waals surface area contributed by atoms with Gasteiger partial charge >= 0.3 is 16.4 Å². The third-order valence-corrected chi connectivity index (χ3v) is 7.09. The second-order valence-electron chi connectivity index (χ2n) is 7.50. The summed E-state index contributed by atoms with van der Waals surface area (Å²) in [6, 6.07) is 35.9. The number of phosphoric ester groups is 1. The minimum Gasteiger partial charge on any atom is -0.418 e. The molecule has 186 valence electrons. The van der Waals surface area contributed by atoms with E-state index in [0.29, 0.717) is 23.0 Å². The molecule has 0 N–H and O–H groups in total. The van der Waals surface area contributed by atoms with E-state index in [2.05, 4.69) is 0 Å². The maximum atomic E-state index is 13.5. The van der Waals surface area contributed by atoms with E-state index in [-0.39, 0.29) is 6.61 Å². The fourth-order valence-corrected chi connectivity index (χ4v) is 5.22. The van der Waals surface area contributed by atoms with Gasteiger partial charge in [0.15, 0.2) is 0 Å². The Morgan fingerprint density at radius 1 is 0.611 bits per heavy atom. The van der Waals surface area contributed by atoms with Crippen molar-refractivity contribution in [1.82, 2.24) is 0 Å². The van der Waals surface area contributed by atoms with Crippen molar-refractivity contribution in [2.75, 3.05) is 6.61 Å². The molecule has 9 heteroatoms. The summed E-state index contributed by atoms with van der Waals surface area (Å²) in [7, 11) is -5.90. The summed E-state index contributed by atoms with van der Waals surface area (Å²) in [4.78, 5) is 0. The molecule has 0 aliphatic carbocycles. The lowest BCUT2D eigenvalue weighted by atomic mass is 10.3. The van der Waals surface area contributed by atoms with Crippen molar-refractivity contribution in [2.45, 2.75) is 13.0 Å². The smallest absolute Gasteiger partial charge is 0.418 e. The maximum Gasteiger partial charge on any atom is 0.587 e. The standard InChI is InChI=1S/C27H26O7P2/c1-23(30-35(31-24-14-6-2-7-15-24)32-25-16-8-3-9-17-25)22-29-36(28,33-26-18-10-4-11-19-26)34-27-20-12-5-13-21-27/h2-21,23H,22H2,1H3. The molecule has 4 aromatic carbocycles. The zero-order valence-corrected chi connectivity index (χ0v) is 21.4. The summed E-state index contributed by atoms with van der Waals surface area (Å²) in [5, 5.41) is 0. The van der Waals surface area contributed by atoms with Crippen molar-refractivity contribution in [3.63, 3.8) is 0 Å². The molecule has 1 atom stereocenters. The van der Waals surface area contributed by atoms with Crippen LogP contribution in [0, 0.1) is 0 Å². The van der Waals surface area contributed by atoms with Gasteiger partial charge in [-0.3, -0.25) is 9.05 Å². The topological polar surface area (TPSA) is 72.5 Å². The second kappa shape index (κ2) is 13.1. The van der Waals surface area contributed by atoms with Gasteiger partial charge in [-0.05, 0) is 55.5 Å². The summed E-state index contributed by atoms with van der Waals surface area (Å²) in [5.41, 5.74) is 0. The van der Waals surface area contributed by atoms with Gasteiger partial charge < -0.3 is 18.1 Å². The maximum absolute atomic E-state index is 13.5. The number of rotatable bonds is 13. The number of benzene rings is 4. The van der Waals surface area contributed by atoms with Crippen molar-refractivity contribution in [2.24, 2.45) is 0 Å². The number of para-hydroxylation sites is 4. The van der Waals surface area contributed by atoms with E-state index in [1.54, 1.807) is 55.5 Å². The average Bonchev–Trinajstić information content (AvgIpc) is 2.90. The van der Waals surface area contributed by atoms with Gasteiger partial charge in [0.25, 0.3) is 0 Å². The molecule has 0 radical (unpaired) electrons. The summed E-state index contributed by atoms with van der Waals surface area (Å²) in [6.45, 7) is 1.65. The number of phosphoric acid groups is 1. The van der Waals surface area contributed by atoms with Crippen LogP contribution in [0.25, 0.3) is 0 Å². The van der Waals surface area contributed by atoms with Gasteiger partial charge in [-0.25, -0.2) is 4.57 Å². The van der Waals surface area contributed by atoms with Gasteiger partial charge in [0, 0.05) is 0 Å². The molecule has 0 saturated carbocycles. The highest BCUT2D eigenvalue weighted by molar-refractivity contribution is 7.49. The highest BCUT2D eigenvalue weighted by atomic mass is 31.2. The van der Waals surface area contributed by atoms with Crippen LogP contribution in [0.3, 0.4) is 0 Å². The molecule has 4 rings (SSSR count). The molecule has 1 unspecified atom stereocenters. The lowest BCUT2D eigenvalue weighted by Crippen LogP contribution is -2.18. The molecule has 36 heavy (non-hydrogen) atoms. The molecule has 0 fully saturated rings. The Labute approximate surface area is 212 Å². The van der Waals surface area contributed by atoms with E-state index in [9.17, 15) is 4.57 Å². The minimum atomic E-state index is -4.05. The summed E-state index contributed by atoms with van der Waals surface area (Å²) in [6.07, 6.45) is -0.574. The normalized spacial score (nSPS) is 12.1. The molecule has 0 bridgehead atoms. The quantitative estimate of drug-likeness (QED) is 0.164. The number of hydrogen-bond acceptors (Lipinski definition) is 7. The number of hydrogen-bond donors (Lipinski definition) is 0. The molecule has 0 aromatic heterocycles. The molecule has 0 spiro atoms. The third-order valence-electron chi connectivity index (χ3n) is 4.50. The Kier molecular flexibility index (Phi) is 9.37. The molecule has 0 heterocycles. The molecule has 4 aromatic rings. The summed E-state index contributed by atoms with van der Waals surface area (Å²) >= 11 is 0. The lowest BCUT2D eigenvalue weighted by molar-refractivity contribution is 0.109. The summed E-state index contributed by atoms with van der Waals surface area (Å²) in [5.74, 6) is 1.90. The molecule has 0 amide bonds. The van der Waals surface area contributed by atoms with Crippen molar-refractivity contribution >= 4 is 16.4 Å². The van der Waals surface area contributed by atoms with E-state index in [4.69, 9.17) is 27.1 Å². The van der Waals surface area contributed by atoms with E-state index >= 15 is 0 Å². The predicted octanol–water partition coefficient (Wildman–Crippen LogP) is 8.06. The Morgan fingerprint density at radius 2 is 0.972 bits per heavy atom. The predicted molar refractivity (Wildman–Crippen MR) is 139 cm³/mol. The zero-order valence-electron chi connectivity index (χ0n) is 19.6. The Hall–Kier alpha value is -3.34. The first-order valence-electron chi connectivity index (χ1n) is 11.2. The van der Waals surface area contributed by atoms with Crippen LogP contribution in [0.5, 0.6) is 23.0 Å².